The molecule has 0 bridgehead atoms. The molecule has 202 valence electrons. The Balaban J connectivity index is 1.42. The van der Waals surface area contributed by atoms with E-state index in [4.69, 9.17) is 16.3 Å². The number of carbonyl (C=O) groups is 2. The van der Waals surface area contributed by atoms with Gasteiger partial charge in [0.15, 0.2) is 0 Å². The highest BCUT2D eigenvalue weighted by Gasteiger charge is 2.35. The highest BCUT2D eigenvalue weighted by molar-refractivity contribution is 6.30. The number of benzene rings is 2. The molecule has 1 fully saturated rings. The van der Waals surface area contributed by atoms with Crippen LogP contribution in [0.3, 0.4) is 0 Å². The first-order valence-electron chi connectivity index (χ1n) is 13.3. The Hall–Kier alpha value is -3.32. The lowest BCUT2D eigenvalue weighted by Gasteiger charge is -2.39. The van der Waals surface area contributed by atoms with Gasteiger partial charge in [-0.05, 0) is 23.8 Å². The molecule has 0 spiro atoms. The standard InChI is InChI=1S/C30H37ClN4O3/c1-22(2)30-32-14-17-34(30)16-13-28(36)35-15-12-27(38-26-11-7-10-25(31)19-26)24(21-35)18-29(37)33(3)20-23-8-5-4-6-9-23/h4-11,14,17,19,22,24,27H,12-13,15-16,18,20-21H2,1-3H3/t24-,27-/m0/s1. The molecule has 2 atom stereocenters. The molecule has 1 aromatic heterocycles. The van der Waals surface area contributed by atoms with Crippen LogP contribution in [0.1, 0.15) is 50.4 Å². The number of halogens is 1. The molecule has 0 radical (unpaired) electrons. The van der Waals surface area contributed by atoms with E-state index in [-0.39, 0.29) is 23.8 Å². The maximum atomic E-state index is 13.3. The molecule has 2 heterocycles. The van der Waals surface area contributed by atoms with Gasteiger partial charge in [0.05, 0.1) is 0 Å². The molecule has 1 aliphatic heterocycles. The van der Waals surface area contributed by atoms with E-state index in [2.05, 4.69) is 23.4 Å². The third-order valence-corrected chi connectivity index (χ3v) is 7.29. The summed E-state index contributed by atoms with van der Waals surface area (Å²) in [4.78, 5) is 34.6. The lowest BCUT2D eigenvalue weighted by Crippen LogP contribution is -2.49. The molecular weight excluding hydrogens is 500 g/mol. The number of hydrogen-bond acceptors (Lipinski definition) is 4. The van der Waals surface area contributed by atoms with Gasteiger partial charge in [0.2, 0.25) is 11.8 Å². The molecule has 2 aromatic carbocycles. The maximum Gasteiger partial charge on any atom is 0.224 e. The number of aromatic nitrogens is 2. The average Bonchev–Trinajstić information content (AvgIpc) is 3.38. The number of aryl methyl sites for hydroxylation is 1. The summed E-state index contributed by atoms with van der Waals surface area (Å²) in [6.45, 7) is 6.40. The normalized spacial score (nSPS) is 17.4. The number of imidazole rings is 1. The Labute approximate surface area is 230 Å². The first kappa shape index (κ1) is 27.7. The Kier molecular flexibility index (Phi) is 9.45. The number of hydrogen-bond donors (Lipinski definition) is 0. The zero-order valence-electron chi connectivity index (χ0n) is 22.4. The van der Waals surface area contributed by atoms with E-state index >= 15 is 0 Å². The molecular formula is C30H37ClN4O3. The predicted molar refractivity (Wildman–Crippen MR) is 149 cm³/mol. The Bertz CT molecular complexity index is 1210. The van der Waals surface area contributed by atoms with Crippen LogP contribution in [0.25, 0.3) is 0 Å². The van der Waals surface area contributed by atoms with Gasteiger partial charge in [-0.3, -0.25) is 9.59 Å². The molecule has 7 nitrogen and oxygen atoms in total. The lowest BCUT2D eigenvalue weighted by molar-refractivity contribution is -0.139. The SMILES string of the molecule is CC(C)c1nccn1CCC(=O)N1CC[C@H](Oc2cccc(Cl)c2)[C@@H](CC(=O)N(C)Cc2ccccc2)C1. The topological polar surface area (TPSA) is 67.7 Å². The summed E-state index contributed by atoms with van der Waals surface area (Å²) in [6, 6.07) is 17.3. The number of carbonyl (C=O) groups excluding carboxylic acids is 2. The molecule has 4 rings (SSSR count). The summed E-state index contributed by atoms with van der Waals surface area (Å²) in [7, 11) is 1.82. The molecule has 38 heavy (non-hydrogen) atoms. The van der Waals surface area contributed by atoms with Crippen molar-refractivity contribution in [1.82, 2.24) is 19.4 Å². The van der Waals surface area contributed by atoms with E-state index in [1.165, 1.54) is 0 Å². The van der Waals surface area contributed by atoms with Crippen molar-refractivity contribution in [3.05, 3.63) is 83.4 Å². The minimum absolute atomic E-state index is 0.0350. The Morgan fingerprint density at radius 1 is 1.16 bits per heavy atom. The molecule has 1 saturated heterocycles. The molecule has 0 N–H and O–H groups in total. The Morgan fingerprint density at radius 2 is 1.95 bits per heavy atom. The number of piperidine rings is 1. The monoisotopic (exact) mass is 536 g/mol. The molecule has 0 unspecified atom stereocenters. The van der Waals surface area contributed by atoms with Crippen LogP contribution in [0.5, 0.6) is 5.75 Å². The van der Waals surface area contributed by atoms with Gasteiger partial charge in [-0.2, -0.15) is 0 Å². The quantitative estimate of drug-likeness (QED) is 0.348. The lowest BCUT2D eigenvalue weighted by atomic mass is 9.90. The van der Waals surface area contributed by atoms with Crippen LogP contribution in [0, 0.1) is 5.92 Å². The number of likely N-dealkylation sites (tertiary alicyclic amines) is 1. The first-order chi connectivity index (χ1) is 18.3. The minimum atomic E-state index is -0.187. The van der Waals surface area contributed by atoms with Gasteiger partial charge in [0.25, 0.3) is 0 Å². The van der Waals surface area contributed by atoms with Gasteiger partial charge >= 0.3 is 0 Å². The van der Waals surface area contributed by atoms with E-state index in [1.807, 2.05) is 60.6 Å². The second kappa shape index (κ2) is 13.0. The third-order valence-electron chi connectivity index (χ3n) is 7.06. The van der Waals surface area contributed by atoms with Crippen molar-refractivity contribution in [2.45, 2.75) is 58.2 Å². The highest BCUT2D eigenvalue weighted by Crippen LogP contribution is 2.28. The largest absolute Gasteiger partial charge is 0.490 e. The van der Waals surface area contributed by atoms with E-state index in [9.17, 15) is 9.59 Å². The molecule has 2 amide bonds. The summed E-state index contributed by atoms with van der Waals surface area (Å²) >= 11 is 6.17. The fraction of sp³-hybridized carbons (Fsp3) is 0.433. The maximum absolute atomic E-state index is 13.3. The van der Waals surface area contributed by atoms with Crippen molar-refractivity contribution in [3.63, 3.8) is 0 Å². The van der Waals surface area contributed by atoms with E-state index in [1.54, 1.807) is 23.2 Å². The van der Waals surface area contributed by atoms with Gasteiger partial charge in [0.1, 0.15) is 17.7 Å². The Morgan fingerprint density at radius 3 is 2.68 bits per heavy atom. The van der Waals surface area contributed by atoms with Crippen LogP contribution < -0.4 is 4.74 Å². The van der Waals surface area contributed by atoms with Gasteiger partial charge in [-0.15, -0.1) is 0 Å². The van der Waals surface area contributed by atoms with Gasteiger partial charge in [0, 0.05) is 81.7 Å². The van der Waals surface area contributed by atoms with Gasteiger partial charge in [-0.25, -0.2) is 4.98 Å². The second-order valence-corrected chi connectivity index (χ2v) is 10.8. The third kappa shape index (κ3) is 7.38. The zero-order chi connectivity index (χ0) is 27.1. The summed E-state index contributed by atoms with van der Waals surface area (Å²) in [5, 5.41) is 0.602. The van der Waals surface area contributed by atoms with Crippen LogP contribution in [0.2, 0.25) is 5.02 Å². The van der Waals surface area contributed by atoms with Crippen LogP contribution in [-0.2, 0) is 22.7 Å². The van der Waals surface area contributed by atoms with E-state index < -0.39 is 0 Å². The number of rotatable bonds is 10. The first-order valence-corrected chi connectivity index (χ1v) is 13.7. The van der Waals surface area contributed by atoms with Gasteiger partial charge < -0.3 is 19.1 Å². The van der Waals surface area contributed by atoms with Crippen LogP contribution in [0.4, 0.5) is 0 Å². The minimum Gasteiger partial charge on any atom is -0.490 e. The van der Waals surface area contributed by atoms with Crippen molar-refractivity contribution in [2.75, 3.05) is 20.1 Å². The van der Waals surface area contributed by atoms with Crippen molar-refractivity contribution >= 4 is 23.4 Å². The number of ether oxygens (including phenoxy) is 1. The zero-order valence-corrected chi connectivity index (χ0v) is 23.2. The molecule has 3 aromatic rings. The number of nitrogens with zero attached hydrogens (tertiary/aromatic N) is 4. The molecule has 0 aliphatic carbocycles. The molecule has 1 aliphatic rings. The predicted octanol–water partition coefficient (Wildman–Crippen LogP) is 5.39. The smallest absolute Gasteiger partial charge is 0.224 e. The highest BCUT2D eigenvalue weighted by atomic mass is 35.5. The van der Waals surface area contributed by atoms with Crippen LogP contribution in [-0.4, -0.2) is 57.4 Å². The van der Waals surface area contributed by atoms with Crippen LogP contribution in [0.15, 0.2) is 67.0 Å². The van der Waals surface area contributed by atoms with Crippen molar-refractivity contribution in [3.8, 4) is 5.75 Å². The van der Waals surface area contributed by atoms with Crippen molar-refractivity contribution < 1.29 is 14.3 Å². The van der Waals surface area contributed by atoms with E-state index in [0.717, 1.165) is 11.4 Å². The van der Waals surface area contributed by atoms with Crippen molar-refractivity contribution in [2.24, 2.45) is 5.92 Å². The van der Waals surface area contributed by atoms with Crippen molar-refractivity contribution in [1.29, 1.82) is 0 Å². The number of amides is 2. The summed E-state index contributed by atoms with van der Waals surface area (Å²) in [6.07, 6.45) is 4.87. The van der Waals surface area contributed by atoms with Gasteiger partial charge in [-0.1, -0.05) is 61.8 Å². The average molecular weight is 537 g/mol. The van der Waals surface area contributed by atoms with E-state index in [0.29, 0.717) is 62.1 Å². The summed E-state index contributed by atoms with van der Waals surface area (Å²) < 4.78 is 8.38. The second-order valence-electron chi connectivity index (χ2n) is 10.3. The summed E-state index contributed by atoms with van der Waals surface area (Å²) in [5.74, 6) is 1.95. The fourth-order valence-electron chi connectivity index (χ4n) is 5.01. The van der Waals surface area contributed by atoms with Crippen LogP contribution >= 0.6 is 11.6 Å². The molecule has 8 heteroatoms. The fourth-order valence-corrected chi connectivity index (χ4v) is 5.19. The molecule has 0 saturated carbocycles. The summed E-state index contributed by atoms with van der Waals surface area (Å²) in [5.41, 5.74) is 1.08.